The van der Waals surface area contributed by atoms with Gasteiger partial charge < -0.3 is 69.7 Å². The lowest BCUT2D eigenvalue weighted by atomic mass is 9.81. The van der Waals surface area contributed by atoms with Crippen LogP contribution in [0, 0.1) is 12.7 Å². The Labute approximate surface area is 413 Å². The van der Waals surface area contributed by atoms with Crippen molar-refractivity contribution in [2.24, 2.45) is 0 Å². The number of nitrogens with one attached hydrogen (secondary N) is 3. The molecule has 0 radical (unpaired) electrons. The van der Waals surface area contributed by atoms with Crippen molar-refractivity contribution in [3.8, 4) is 17.1 Å². The van der Waals surface area contributed by atoms with Crippen molar-refractivity contribution in [2.45, 2.75) is 147 Å². The molecule has 0 bridgehead atoms. The Balaban J connectivity index is 0.998. The zero-order chi connectivity index (χ0) is 51.6. The van der Waals surface area contributed by atoms with E-state index >= 15 is 4.39 Å². The number of rotatable bonds is 19. The number of ether oxygens (including phenoxy) is 5. The van der Waals surface area contributed by atoms with E-state index in [1.54, 1.807) is 19.9 Å². The lowest BCUT2D eigenvalue weighted by Crippen LogP contribution is -2.60. The van der Waals surface area contributed by atoms with E-state index in [1.165, 1.54) is 28.8 Å². The normalized spacial score (nSPS) is 23.3. The minimum Gasteiger partial charge on any atom is -0.461 e. The molecule has 5 heterocycles. The van der Waals surface area contributed by atoms with E-state index in [2.05, 4.69) is 22.9 Å². The number of cyclic esters (lactones) is 1. The molecule has 0 saturated carbocycles. The number of aliphatic hydroxyl groups excluding tert-OH is 4. The van der Waals surface area contributed by atoms with Gasteiger partial charge in [-0.3, -0.25) is 14.4 Å². The maximum atomic E-state index is 15.5. The molecule has 1 aliphatic carbocycles. The largest absolute Gasteiger partial charge is 0.461 e. The SMILES string of the molecule is CCCCCCC(C)OCC(=O)NCCNC(=O)c1cc(COC(=O)N[C@H]2CCc3c(C)c(F)cc4nc5c(c2c34)Cn2c-5cc3c(c2=O)COC(=O)[C@]3(O)CC)ccc1O[C@@H]1O[C@H](CO)[C@@H](O)[C@H](O)[C@H]1O. The highest BCUT2D eigenvalue weighted by Crippen LogP contribution is 2.46. The second-order valence-corrected chi connectivity index (χ2v) is 18.8. The summed E-state index contributed by atoms with van der Waals surface area (Å²) in [6.45, 7) is 5.78. The van der Waals surface area contributed by atoms with Crippen LogP contribution in [-0.4, -0.2) is 122 Å². The summed E-state index contributed by atoms with van der Waals surface area (Å²) in [7, 11) is 0. The fourth-order valence-electron chi connectivity index (χ4n) is 9.95. The summed E-state index contributed by atoms with van der Waals surface area (Å²) in [5.74, 6) is -2.56. The molecule has 2 aromatic carbocycles. The molecule has 8 atom stereocenters. The fraction of sp³-hybridized carbons (Fsp3) is 0.529. The number of benzene rings is 2. The highest BCUT2D eigenvalue weighted by molar-refractivity contribution is 5.97. The van der Waals surface area contributed by atoms with Crippen LogP contribution in [0.5, 0.6) is 5.75 Å². The summed E-state index contributed by atoms with van der Waals surface area (Å²) in [6, 6.07) is 6.36. The van der Waals surface area contributed by atoms with Crippen LogP contribution in [0.4, 0.5) is 9.18 Å². The number of unbranched alkanes of at least 4 members (excludes halogenated alkanes) is 3. The predicted octanol–water partition coefficient (Wildman–Crippen LogP) is 2.84. The number of aromatic nitrogens is 2. The van der Waals surface area contributed by atoms with Crippen molar-refractivity contribution < 1.29 is 72.8 Å². The van der Waals surface area contributed by atoms with E-state index in [-0.39, 0.29) is 85.8 Å². The number of alkyl carbamates (subject to hydrolysis) is 1. The van der Waals surface area contributed by atoms with E-state index in [1.807, 2.05) is 6.92 Å². The van der Waals surface area contributed by atoms with Gasteiger partial charge in [-0.2, -0.15) is 0 Å². The van der Waals surface area contributed by atoms with Crippen molar-refractivity contribution in [1.29, 1.82) is 0 Å². The Morgan fingerprint density at radius 1 is 1.00 bits per heavy atom. The van der Waals surface area contributed by atoms with Crippen LogP contribution in [0.1, 0.15) is 121 Å². The summed E-state index contributed by atoms with van der Waals surface area (Å²) < 4.78 is 45.0. The smallest absolute Gasteiger partial charge is 0.407 e. The van der Waals surface area contributed by atoms with E-state index in [0.29, 0.717) is 57.4 Å². The first-order valence-corrected chi connectivity index (χ1v) is 24.5. The van der Waals surface area contributed by atoms with E-state index in [4.69, 9.17) is 28.7 Å². The molecule has 4 aliphatic rings. The first-order chi connectivity index (χ1) is 34.5. The number of aliphatic hydroxyl groups is 5. The standard InChI is InChI=1S/C51H62FN5O15/c1-5-7-8-9-10-25(3)68-24-39(59)53-15-16-54-46(63)29-17-27(11-14-37(29)71-48-45(62)44(61)43(60)38(21-58)72-48)22-70-50(66)56-34-13-12-28-26(4)33(52)19-35-40(28)41(34)30-20-57-36(42(30)55-35)18-32-31(47(57)64)23-69-49(65)51(32,67)6-2/h11,14,17-19,25,34,38,43-45,48,58,60-62,67H,5-10,12-13,15-16,20-24H2,1-4H3,(H,53,59)(H,54,63)(H,56,66)/t25?,34-,38+,43+,44-,45+,48+,51-/m0/s1. The molecule has 8 rings (SSSR count). The molecule has 2 aromatic heterocycles. The molecule has 8 N–H and O–H groups in total. The monoisotopic (exact) mass is 1000 g/mol. The van der Waals surface area contributed by atoms with Gasteiger partial charge in [0.2, 0.25) is 12.2 Å². The first-order valence-electron chi connectivity index (χ1n) is 24.5. The number of pyridine rings is 2. The first kappa shape index (κ1) is 52.3. The maximum Gasteiger partial charge on any atom is 0.407 e. The second-order valence-electron chi connectivity index (χ2n) is 18.8. The van der Waals surface area contributed by atoms with Crippen LogP contribution >= 0.6 is 0 Å². The number of esters is 1. The fourth-order valence-corrected chi connectivity index (χ4v) is 9.95. The molecule has 0 spiro atoms. The number of amides is 3. The summed E-state index contributed by atoms with van der Waals surface area (Å²) in [5.41, 5.74) is 1.15. The van der Waals surface area contributed by atoms with Crippen LogP contribution in [0.3, 0.4) is 0 Å². The number of hydrogen-bond donors (Lipinski definition) is 8. The third kappa shape index (κ3) is 10.3. The minimum atomic E-state index is -2.07. The number of aryl methyl sites for hydroxylation is 1. The zero-order valence-electron chi connectivity index (χ0n) is 40.6. The summed E-state index contributed by atoms with van der Waals surface area (Å²) in [5, 5.41) is 61.5. The molecule has 20 nitrogen and oxygen atoms in total. The van der Waals surface area contributed by atoms with Gasteiger partial charge in [0, 0.05) is 35.7 Å². The lowest BCUT2D eigenvalue weighted by Gasteiger charge is -2.39. The van der Waals surface area contributed by atoms with Gasteiger partial charge in [-0.15, -0.1) is 0 Å². The van der Waals surface area contributed by atoms with Gasteiger partial charge in [0.25, 0.3) is 11.5 Å². The number of hydrogen-bond acceptors (Lipinski definition) is 16. The quantitative estimate of drug-likeness (QED) is 0.0436. The lowest BCUT2D eigenvalue weighted by molar-refractivity contribution is -0.277. The molecule has 388 valence electrons. The molecule has 1 saturated heterocycles. The molecule has 4 aromatic rings. The molecule has 1 unspecified atom stereocenters. The van der Waals surface area contributed by atoms with Crippen LogP contribution in [0.25, 0.3) is 22.3 Å². The van der Waals surface area contributed by atoms with E-state index < -0.39 is 78.3 Å². The topological polar surface area (TPSA) is 287 Å². The van der Waals surface area contributed by atoms with Crippen molar-refractivity contribution in [2.75, 3.05) is 26.3 Å². The van der Waals surface area contributed by atoms with Gasteiger partial charge >= 0.3 is 12.1 Å². The van der Waals surface area contributed by atoms with Gasteiger partial charge in [-0.25, -0.2) is 19.0 Å². The average molecular weight is 1000 g/mol. The Morgan fingerprint density at radius 3 is 2.53 bits per heavy atom. The second kappa shape index (κ2) is 22.0. The van der Waals surface area contributed by atoms with Gasteiger partial charge in [-0.1, -0.05) is 45.6 Å². The van der Waals surface area contributed by atoms with E-state index in [0.717, 1.165) is 32.1 Å². The Kier molecular flexibility index (Phi) is 15.9. The van der Waals surface area contributed by atoms with Gasteiger partial charge in [0.15, 0.2) is 5.60 Å². The molecule has 3 amide bonds. The van der Waals surface area contributed by atoms with Crippen LogP contribution in [0.15, 0.2) is 35.1 Å². The molecule has 21 heteroatoms. The van der Waals surface area contributed by atoms with Crippen molar-refractivity contribution in [3.63, 3.8) is 0 Å². The Morgan fingerprint density at radius 2 is 1.78 bits per heavy atom. The molecule has 3 aliphatic heterocycles. The molecular weight excluding hydrogens is 942 g/mol. The molecular formula is C51H62FN5O15. The number of halogens is 1. The minimum absolute atomic E-state index is 0.0261. The number of carbonyl (C=O) groups is 4. The number of carbonyl (C=O) groups excluding carboxylic acids is 4. The van der Waals surface area contributed by atoms with Crippen molar-refractivity contribution in [3.05, 3.63) is 91.0 Å². The summed E-state index contributed by atoms with van der Waals surface area (Å²) in [6.07, 6.45) is -3.29. The highest BCUT2D eigenvalue weighted by Gasteiger charge is 2.47. The number of nitrogens with zero attached hydrogens (tertiary/aromatic N) is 2. The van der Waals surface area contributed by atoms with Crippen molar-refractivity contribution in [1.82, 2.24) is 25.5 Å². The molecule has 72 heavy (non-hydrogen) atoms. The van der Waals surface area contributed by atoms with Gasteiger partial charge in [0.05, 0.1) is 53.3 Å². The summed E-state index contributed by atoms with van der Waals surface area (Å²) in [4.78, 5) is 71.8. The molecule has 1 fully saturated rings. The van der Waals surface area contributed by atoms with Crippen LogP contribution in [0.2, 0.25) is 0 Å². The average Bonchev–Trinajstić information content (AvgIpc) is 3.74. The third-order valence-corrected chi connectivity index (χ3v) is 14.1. The summed E-state index contributed by atoms with van der Waals surface area (Å²) >= 11 is 0. The Bertz CT molecular complexity index is 2800. The third-order valence-electron chi connectivity index (χ3n) is 14.1. The Hall–Kier alpha value is -6.07. The van der Waals surface area contributed by atoms with Gasteiger partial charge in [0.1, 0.15) is 55.8 Å². The van der Waals surface area contributed by atoms with Crippen LogP contribution in [-0.2, 0) is 60.3 Å². The van der Waals surface area contributed by atoms with E-state index in [9.17, 15) is 49.5 Å². The highest BCUT2D eigenvalue weighted by atomic mass is 19.1. The number of fused-ring (bicyclic) bond motifs is 5. The van der Waals surface area contributed by atoms with Gasteiger partial charge in [-0.05, 0) is 80.0 Å². The van der Waals surface area contributed by atoms with Crippen LogP contribution < -0.4 is 26.2 Å². The predicted molar refractivity (Wildman–Crippen MR) is 254 cm³/mol. The zero-order valence-corrected chi connectivity index (χ0v) is 40.6. The maximum absolute atomic E-state index is 15.5. The van der Waals surface area contributed by atoms with Crippen molar-refractivity contribution >= 4 is 34.8 Å².